The van der Waals surface area contributed by atoms with Crippen LogP contribution >= 0.6 is 0 Å². The zero-order valence-electron chi connectivity index (χ0n) is 24.6. The van der Waals surface area contributed by atoms with Crippen LogP contribution in [0.1, 0.15) is 77.0 Å². The van der Waals surface area contributed by atoms with Gasteiger partial charge in [0, 0.05) is 47.7 Å². The minimum atomic E-state index is -1.61. The normalized spacial score (nSPS) is 17.9. The van der Waals surface area contributed by atoms with Crippen molar-refractivity contribution in [3.63, 3.8) is 0 Å². The molecule has 3 rings (SSSR count). The molecule has 12 nitrogen and oxygen atoms in total. The Morgan fingerprint density at radius 3 is 2.57 bits per heavy atom. The molecule has 0 radical (unpaired) electrons. The van der Waals surface area contributed by atoms with E-state index in [9.17, 15) is 15.1 Å². The molecule has 0 spiro atoms. The van der Waals surface area contributed by atoms with Crippen LogP contribution in [-0.4, -0.2) is 53.8 Å². The predicted octanol–water partition coefficient (Wildman–Crippen LogP) is 5.19. The summed E-state index contributed by atoms with van der Waals surface area (Å²) in [4.78, 5) is 34.6. The minimum absolute atomic E-state index is 0.0299. The van der Waals surface area contributed by atoms with Gasteiger partial charge in [0.1, 0.15) is 11.4 Å². The van der Waals surface area contributed by atoms with Crippen molar-refractivity contribution in [1.82, 2.24) is 10.9 Å². The molecule has 0 aliphatic carbocycles. The van der Waals surface area contributed by atoms with Crippen LogP contribution < -0.4 is 15.6 Å². The first-order valence-electron chi connectivity index (χ1n) is 14.1. The number of ether oxygens (including phenoxy) is 3. The maximum absolute atomic E-state index is 14.0. The van der Waals surface area contributed by atoms with Crippen LogP contribution in [0.2, 0.25) is 0 Å². The molecule has 0 bridgehead atoms. The highest BCUT2D eigenvalue weighted by Crippen LogP contribution is 2.46. The zero-order valence-corrected chi connectivity index (χ0v) is 24.6. The first-order valence-corrected chi connectivity index (χ1v) is 14.1. The third kappa shape index (κ3) is 8.69. The zero-order chi connectivity index (χ0) is 30.6. The van der Waals surface area contributed by atoms with E-state index in [1.165, 1.54) is 0 Å². The number of nitrogens with zero attached hydrogens (tertiary/aromatic N) is 4. The first kappa shape index (κ1) is 32.4. The number of esters is 1. The van der Waals surface area contributed by atoms with Gasteiger partial charge in [0.05, 0.1) is 6.61 Å². The molecule has 12 heteroatoms. The van der Waals surface area contributed by atoms with Crippen LogP contribution in [0.5, 0.6) is 5.75 Å². The summed E-state index contributed by atoms with van der Waals surface area (Å²) in [6.45, 7) is 8.30. The number of aliphatic hydroxyl groups excluding tert-OH is 1. The highest BCUT2D eigenvalue weighted by molar-refractivity contribution is 6.01. The van der Waals surface area contributed by atoms with Gasteiger partial charge in [-0.15, -0.1) is 0 Å². The molecule has 0 saturated heterocycles. The van der Waals surface area contributed by atoms with Gasteiger partial charge in [-0.3, -0.25) is 15.0 Å². The second-order valence-corrected chi connectivity index (χ2v) is 10.9. The molecule has 226 valence electrons. The smallest absolute Gasteiger partial charge is 0.306 e. The molecule has 42 heavy (non-hydrogen) atoms. The second-order valence-electron chi connectivity index (χ2n) is 10.9. The van der Waals surface area contributed by atoms with Crippen LogP contribution in [-0.2, 0) is 19.1 Å². The van der Waals surface area contributed by atoms with Gasteiger partial charge >= 0.3 is 5.97 Å². The summed E-state index contributed by atoms with van der Waals surface area (Å²) in [7, 11) is 0. The molecule has 2 atom stereocenters. The lowest BCUT2D eigenvalue weighted by molar-refractivity contribution is -0.155. The van der Waals surface area contributed by atoms with Gasteiger partial charge in [0.25, 0.3) is 5.91 Å². The fourth-order valence-electron chi connectivity index (χ4n) is 4.40. The van der Waals surface area contributed by atoms with Crippen molar-refractivity contribution in [2.45, 2.75) is 77.0 Å². The number of azide groups is 1. The maximum Gasteiger partial charge on any atom is 0.306 e. The number of unbranched alkanes of at least 4 members (excludes halogenated alkanes) is 1. The van der Waals surface area contributed by atoms with Crippen molar-refractivity contribution in [3.8, 4) is 5.75 Å². The number of rotatable bonds is 15. The Kier molecular flexibility index (Phi) is 11.7. The number of amides is 1. The summed E-state index contributed by atoms with van der Waals surface area (Å²) in [5.74, 6) is -0.193. The van der Waals surface area contributed by atoms with Gasteiger partial charge in [-0.25, -0.2) is 10.4 Å². The Balaban J connectivity index is 2.07. The molecule has 0 aromatic heterocycles. The summed E-state index contributed by atoms with van der Waals surface area (Å²) < 4.78 is 17.6. The molecular weight excluding hydrogens is 540 g/mol. The Bertz CT molecular complexity index is 1290. The van der Waals surface area contributed by atoms with E-state index >= 15 is 0 Å². The summed E-state index contributed by atoms with van der Waals surface area (Å²) in [6.07, 6.45) is 1.10. The number of aliphatic hydroxyl groups is 1. The molecule has 1 aliphatic heterocycles. The van der Waals surface area contributed by atoms with Gasteiger partial charge in [-0.1, -0.05) is 42.7 Å². The van der Waals surface area contributed by atoms with E-state index < -0.39 is 29.1 Å². The number of benzene rings is 2. The summed E-state index contributed by atoms with van der Waals surface area (Å²) in [6, 6.07) is 13.8. The summed E-state index contributed by atoms with van der Waals surface area (Å²) >= 11 is 0. The van der Waals surface area contributed by atoms with E-state index in [0.29, 0.717) is 36.4 Å². The average Bonchev–Trinajstić information content (AvgIpc) is 3.35. The number of aliphatic imine (C=N–C) groups is 1. The number of hydrazine groups is 1. The molecule has 0 unspecified atom stereocenters. The number of carbonyl (C=O) groups is 2. The van der Waals surface area contributed by atoms with E-state index in [0.717, 1.165) is 12.8 Å². The molecule has 3 N–H and O–H groups in total. The van der Waals surface area contributed by atoms with Crippen molar-refractivity contribution >= 4 is 23.5 Å². The minimum Gasteiger partial charge on any atom is -0.494 e. The third-order valence-electron chi connectivity index (χ3n) is 6.39. The lowest BCUT2D eigenvalue weighted by Gasteiger charge is -2.31. The lowest BCUT2D eigenvalue weighted by atomic mass is 9.83. The molecule has 1 aliphatic rings. The van der Waals surface area contributed by atoms with E-state index in [1.54, 1.807) is 69.3 Å². The van der Waals surface area contributed by atoms with Gasteiger partial charge in [0.15, 0.2) is 11.6 Å². The molecule has 0 fully saturated rings. The van der Waals surface area contributed by atoms with Crippen LogP contribution in [0, 0.1) is 0 Å². The van der Waals surface area contributed by atoms with Crippen molar-refractivity contribution in [2.24, 2.45) is 10.1 Å². The predicted molar refractivity (Wildman–Crippen MR) is 158 cm³/mol. The Morgan fingerprint density at radius 1 is 1.17 bits per heavy atom. The quantitative estimate of drug-likeness (QED) is 0.0650. The molecule has 0 saturated carbocycles. The average molecular weight is 581 g/mol. The van der Waals surface area contributed by atoms with Crippen LogP contribution in [0.3, 0.4) is 0 Å². The monoisotopic (exact) mass is 580 g/mol. The second kappa shape index (κ2) is 15.2. The number of hydrogen-bond acceptors (Lipinski definition) is 9. The highest BCUT2D eigenvalue weighted by Gasteiger charge is 2.54. The SMILES string of the molecule is CCCCNNC(=O)[C@@]1(CCC(=O)OC(C)(C)C)N=C(c2ccc(OCCCO)cc2)O[C@H]1c1ccccc1N=[N+]=[N-]. The number of carbonyl (C=O) groups excluding carboxylic acids is 2. The Hall–Kier alpha value is -4.12. The Morgan fingerprint density at radius 2 is 1.90 bits per heavy atom. The molecule has 1 amide bonds. The topological polar surface area (TPSA) is 167 Å². The van der Waals surface area contributed by atoms with Gasteiger partial charge in [-0.2, -0.15) is 0 Å². The largest absolute Gasteiger partial charge is 0.494 e. The fraction of sp³-hybridized carbons (Fsp3) is 0.500. The summed E-state index contributed by atoms with van der Waals surface area (Å²) in [5.41, 5.74) is 13.9. The molecule has 1 heterocycles. The number of hydrogen-bond donors (Lipinski definition) is 3. The fourth-order valence-corrected chi connectivity index (χ4v) is 4.40. The number of nitrogens with one attached hydrogen (secondary N) is 2. The van der Waals surface area contributed by atoms with E-state index in [4.69, 9.17) is 24.3 Å². The van der Waals surface area contributed by atoms with Crippen molar-refractivity contribution < 1.29 is 28.9 Å². The van der Waals surface area contributed by atoms with Crippen molar-refractivity contribution in [3.05, 3.63) is 70.1 Å². The van der Waals surface area contributed by atoms with Gasteiger partial charge in [-0.05, 0) is 63.4 Å². The van der Waals surface area contributed by atoms with Crippen molar-refractivity contribution in [2.75, 3.05) is 19.8 Å². The van der Waals surface area contributed by atoms with E-state index in [1.807, 2.05) is 6.92 Å². The van der Waals surface area contributed by atoms with Crippen LogP contribution in [0.4, 0.5) is 5.69 Å². The standard InChI is InChI=1S/C30H40N6O6/c1-5-6-18-32-35-28(39)30(17-16-25(38)42-29(2,3)4)26(23-10-7-8-11-24(23)34-36-31)41-27(33-30)21-12-14-22(15-13-21)40-20-9-19-37/h7-8,10-15,26,32,37H,5-6,9,16-20H2,1-4H3,(H,35,39)/t26-,30-/m0/s1. The van der Waals surface area contributed by atoms with Gasteiger partial charge < -0.3 is 19.3 Å². The Labute approximate surface area is 246 Å². The highest BCUT2D eigenvalue weighted by atomic mass is 16.6. The van der Waals surface area contributed by atoms with Crippen LogP contribution in [0.25, 0.3) is 10.4 Å². The van der Waals surface area contributed by atoms with Crippen LogP contribution in [0.15, 0.2) is 58.6 Å². The lowest BCUT2D eigenvalue weighted by Crippen LogP contribution is -2.53. The van der Waals surface area contributed by atoms with Crippen molar-refractivity contribution in [1.29, 1.82) is 0 Å². The molecule has 2 aromatic carbocycles. The van der Waals surface area contributed by atoms with E-state index in [-0.39, 0.29) is 31.0 Å². The van der Waals surface area contributed by atoms with E-state index in [2.05, 4.69) is 20.9 Å². The maximum atomic E-state index is 14.0. The first-order chi connectivity index (χ1) is 20.1. The molecular formula is C30H40N6O6. The summed E-state index contributed by atoms with van der Waals surface area (Å²) in [5, 5.41) is 12.8. The third-order valence-corrected chi connectivity index (χ3v) is 6.39. The van der Waals surface area contributed by atoms with Gasteiger partial charge in [0.2, 0.25) is 5.90 Å². The molecule has 2 aromatic rings.